The molecular weight excluding hydrogens is 284 g/mol. The summed E-state index contributed by atoms with van der Waals surface area (Å²) in [7, 11) is -3.26. The average Bonchev–Trinajstić information content (AvgIpc) is 2.37. The van der Waals surface area contributed by atoms with Crippen molar-refractivity contribution in [1.82, 2.24) is 5.32 Å². The summed E-state index contributed by atoms with van der Waals surface area (Å²) >= 11 is 0. The first-order valence-corrected chi connectivity index (χ1v) is 9.21. The van der Waals surface area contributed by atoms with Crippen LogP contribution in [-0.4, -0.2) is 27.3 Å². The Balaban J connectivity index is 2.51. The molecule has 0 atom stereocenters. The molecule has 0 spiro atoms. The molecule has 0 unspecified atom stereocenters. The number of sulfonamides is 1. The van der Waals surface area contributed by atoms with Crippen LogP contribution in [-0.2, 0) is 15.4 Å². The van der Waals surface area contributed by atoms with Crippen LogP contribution in [0.3, 0.4) is 0 Å². The van der Waals surface area contributed by atoms with Gasteiger partial charge in [-0.3, -0.25) is 4.72 Å². The average molecular weight is 312 g/mol. The number of rotatable bonds is 8. The highest BCUT2D eigenvalue weighted by Crippen LogP contribution is 2.23. The topological polar surface area (TPSA) is 58.2 Å². The van der Waals surface area contributed by atoms with Crippen LogP contribution in [0.4, 0.5) is 5.69 Å². The van der Waals surface area contributed by atoms with E-state index in [4.69, 9.17) is 0 Å². The Morgan fingerprint density at radius 2 is 1.67 bits per heavy atom. The van der Waals surface area contributed by atoms with Gasteiger partial charge >= 0.3 is 0 Å². The Hall–Kier alpha value is -1.07. The van der Waals surface area contributed by atoms with Crippen molar-refractivity contribution in [1.29, 1.82) is 0 Å². The van der Waals surface area contributed by atoms with Crippen LogP contribution in [0.1, 0.15) is 46.1 Å². The van der Waals surface area contributed by atoms with E-state index in [1.54, 1.807) is 0 Å². The zero-order chi connectivity index (χ0) is 15.9. The Bertz CT molecular complexity index is 516. The fraction of sp³-hybridized carbons (Fsp3) is 0.625. The molecule has 0 heterocycles. The zero-order valence-corrected chi connectivity index (χ0v) is 14.4. The Morgan fingerprint density at radius 3 is 2.19 bits per heavy atom. The van der Waals surface area contributed by atoms with Gasteiger partial charge < -0.3 is 5.32 Å². The minimum Gasteiger partial charge on any atom is -0.317 e. The van der Waals surface area contributed by atoms with E-state index in [1.165, 1.54) is 5.56 Å². The molecule has 1 rings (SSSR count). The van der Waals surface area contributed by atoms with Crippen LogP contribution in [0.15, 0.2) is 24.3 Å². The molecule has 0 amide bonds. The maximum Gasteiger partial charge on any atom is 0.232 e. The van der Waals surface area contributed by atoms with E-state index in [0.29, 0.717) is 12.1 Å². The van der Waals surface area contributed by atoms with E-state index < -0.39 is 10.0 Å². The van der Waals surface area contributed by atoms with Crippen LogP contribution in [0.2, 0.25) is 0 Å². The lowest BCUT2D eigenvalue weighted by Gasteiger charge is -2.19. The van der Waals surface area contributed by atoms with Crippen molar-refractivity contribution >= 4 is 15.7 Å². The monoisotopic (exact) mass is 312 g/mol. The van der Waals surface area contributed by atoms with Crippen molar-refractivity contribution in [2.75, 3.05) is 23.6 Å². The molecule has 0 aliphatic heterocycles. The van der Waals surface area contributed by atoms with Gasteiger partial charge in [0.25, 0.3) is 0 Å². The molecule has 1 aromatic rings. The molecule has 1 aromatic carbocycles. The first kappa shape index (κ1) is 18.0. The normalized spacial score (nSPS) is 12.4. The fourth-order valence-electron chi connectivity index (χ4n) is 1.96. The van der Waals surface area contributed by atoms with Crippen LogP contribution >= 0.6 is 0 Å². The summed E-state index contributed by atoms with van der Waals surface area (Å²) in [6.07, 6.45) is 1.68. The Kier molecular flexibility index (Phi) is 6.68. The number of anilines is 1. The molecule has 0 saturated heterocycles. The first-order valence-electron chi connectivity index (χ1n) is 7.56. The summed E-state index contributed by atoms with van der Waals surface area (Å²) in [5, 5.41) is 3.20. The van der Waals surface area contributed by atoms with Gasteiger partial charge in [-0.1, -0.05) is 39.8 Å². The number of hydrogen-bond acceptors (Lipinski definition) is 3. The smallest absolute Gasteiger partial charge is 0.232 e. The lowest BCUT2D eigenvalue weighted by Crippen LogP contribution is -2.22. The molecule has 21 heavy (non-hydrogen) atoms. The SMILES string of the molecule is CCCNCCCS(=O)(=O)Nc1ccc(C(C)(C)C)cc1. The molecule has 0 aliphatic carbocycles. The van der Waals surface area contributed by atoms with Gasteiger partial charge in [0.15, 0.2) is 0 Å². The van der Waals surface area contributed by atoms with E-state index in [2.05, 4.69) is 37.7 Å². The summed E-state index contributed by atoms with van der Waals surface area (Å²) < 4.78 is 26.6. The van der Waals surface area contributed by atoms with Crippen molar-refractivity contribution in [3.05, 3.63) is 29.8 Å². The van der Waals surface area contributed by atoms with Gasteiger partial charge in [0.05, 0.1) is 5.75 Å². The van der Waals surface area contributed by atoms with Gasteiger partial charge in [-0.2, -0.15) is 0 Å². The van der Waals surface area contributed by atoms with Gasteiger partial charge in [0, 0.05) is 5.69 Å². The minimum absolute atomic E-state index is 0.0718. The van der Waals surface area contributed by atoms with Gasteiger partial charge in [0.1, 0.15) is 0 Å². The number of nitrogens with one attached hydrogen (secondary N) is 2. The molecule has 5 heteroatoms. The maximum absolute atomic E-state index is 12.0. The molecule has 0 radical (unpaired) electrons. The molecular formula is C16H28N2O2S. The quantitative estimate of drug-likeness (QED) is 0.725. The lowest BCUT2D eigenvalue weighted by atomic mass is 9.87. The second kappa shape index (κ2) is 7.80. The van der Waals surface area contributed by atoms with Crippen molar-refractivity contribution in [3.8, 4) is 0 Å². The predicted octanol–water partition coefficient (Wildman–Crippen LogP) is 3.12. The lowest BCUT2D eigenvalue weighted by molar-refractivity contribution is 0.590. The molecule has 4 nitrogen and oxygen atoms in total. The van der Waals surface area contributed by atoms with Gasteiger partial charge in [-0.15, -0.1) is 0 Å². The minimum atomic E-state index is -3.26. The van der Waals surface area contributed by atoms with Crippen LogP contribution in [0.25, 0.3) is 0 Å². The molecule has 0 aromatic heterocycles. The molecule has 0 fully saturated rings. The second-order valence-electron chi connectivity index (χ2n) is 6.35. The highest BCUT2D eigenvalue weighted by atomic mass is 32.2. The van der Waals surface area contributed by atoms with E-state index in [1.807, 2.05) is 24.3 Å². The number of hydrogen-bond donors (Lipinski definition) is 2. The number of benzene rings is 1. The molecule has 2 N–H and O–H groups in total. The van der Waals surface area contributed by atoms with Gasteiger partial charge in [0.2, 0.25) is 10.0 Å². The summed E-state index contributed by atoms with van der Waals surface area (Å²) in [6, 6.07) is 7.60. The summed E-state index contributed by atoms with van der Waals surface area (Å²) in [5.74, 6) is 0.144. The highest BCUT2D eigenvalue weighted by molar-refractivity contribution is 7.92. The molecule has 120 valence electrons. The van der Waals surface area contributed by atoms with E-state index in [-0.39, 0.29) is 11.2 Å². The molecule has 0 saturated carbocycles. The highest BCUT2D eigenvalue weighted by Gasteiger charge is 2.14. The van der Waals surface area contributed by atoms with Crippen LogP contribution < -0.4 is 10.0 Å². The maximum atomic E-state index is 12.0. The van der Waals surface area contributed by atoms with Gasteiger partial charge in [-0.25, -0.2) is 8.42 Å². The van der Waals surface area contributed by atoms with Gasteiger partial charge in [-0.05, 0) is 49.0 Å². The van der Waals surface area contributed by atoms with Crippen LogP contribution in [0, 0.1) is 0 Å². The molecule has 0 bridgehead atoms. The van der Waals surface area contributed by atoms with Crippen molar-refractivity contribution in [2.24, 2.45) is 0 Å². The Morgan fingerprint density at radius 1 is 1.05 bits per heavy atom. The third kappa shape index (κ3) is 6.96. The standard InChI is InChI=1S/C16H28N2O2S/c1-5-11-17-12-6-13-21(19,20)18-15-9-7-14(8-10-15)16(2,3)4/h7-10,17-18H,5-6,11-13H2,1-4H3. The second-order valence-corrected chi connectivity index (χ2v) is 8.19. The van der Waals surface area contributed by atoms with E-state index in [9.17, 15) is 8.42 Å². The van der Waals surface area contributed by atoms with Crippen molar-refractivity contribution in [3.63, 3.8) is 0 Å². The summed E-state index contributed by atoms with van der Waals surface area (Å²) in [4.78, 5) is 0. The largest absolute Gasteiger partial charge is 0.317 e. The van der Waals surface area contributed by atoms with E-state index >= 15 is 0 Å². The third-order valence-corrected chi connectivity index (χ3v) is 4.59. The third-order valence-electron chi connectivity index (χ3n) is 3.22. The molecule has 0 aliphatic rings. The predicted molar refractivity (Wildman–Crippen MR) is 90.3 cm³/mol. The first-order chi connectivity index (χ1) is 9.74. The van der Waals surface area contributed by atoms with Crippen molar-refractivity contribution < 1.29 is 8.42 Å². The fourth-order valence-corrected chi connectivity index (χ4v) is 3.08. The summed E-state index contributed by atoms with van der Waals surface area (Å²) in [6.45, 7) is 10.2. The van der Waals surface area contributed by atoms with E-state index in [0.717, 1.165) is 19.5 Å². The summed E-state index contributed by atoms with van der Waals surface area (Å²) in [5.41, 5.74) is 1.89. The van der Waals surface area contributed by atoms with Crippen LogP contribution in [0.5, 0.6) is 0 Å². The van der Waals surface area contributed by atoms with Crippen molar-refractivity contribution in [2.45, 2.75) is 46.0 Å². The Labute approximate surface area is 129 Å². The zero-order valence-electron chi connectivity index (χ0n) is 13.6.